The maximum absolute atomic E-state index is 11.1. The zero-order chi connectivity index (χ0) is 13.4. The highest BCUT2D eigenvalue weighted by Crippen LogP contribution is 2.24. The number of hydrogen-bond donors (Lipinski definition) is 3. The number of hydrogen-bond acceptors (Lipinski definition) is 4. The molecule has 0 spiro atoms. The normalized spacial score (nSPS) is 25.9. The first-order chi connectivity index (χ1) is 8.67. The SMILES string of the molecule is COCC(CCCN)NC1CCC(C(N)=O)CC1. The van der Waals surface area contributed by atoms with Crippen molar-refractivity contribution in [3.63, 3.8) is 0 Å². The van der Waals surface area contributed by atoms with Gasteiger partial charge in [-0.25, -0.2) is 0 Å². The number of rotatable bonds is 8. The number of amides is 1. The van der Waals surface area contributed by atoms with Crippen LogP contribution in [-0.2, 0) is 9.53 Å². The highest BCUT2D eigenvalue weighted by molar-refractivity contribution is 5.76. The second-order valence-corrected chi connectivity index (χ2v) is 5.20. The molecule has 5 N–H and O–H groups in total. The Hall–Kier alpha value is -0.650. The minimum absolute atomic E-state index is 0.0768. The standard InChI is InChI=1S/C13H27N3O2/c1-18-9-12(3-2-8-14)16-11-6-4-10(5-7-11)13(15)17/h10-12,16H,2-9,14H2,1H3,(H2,15,17). The van der Waals surface area contributed by atoms with Crippen LogP contribution in [0.5, 0.6) is 0 Å². The van der Waals surface area contributed by atoms with Gasteiger partial charge in [-0.15, -0.1) is 0 Å². The molecule has 1 fully saturated rings. The number of primary amides is 1. The van der Waals surface area contributed by atoms with Crippen molar-refractivity contribution < 1.29 is 9.53 Å². The zero-order valence-corrected chi connectivity index (χ0v) is 11.4. The van der Waals surface area contributed by atoms with Crippen molar-refractivity contribution in [2.45, 2.75) is 50.6 Å². The van der Waals surface area contributed by atoms with E-state index in [1.54, 1.807) is 7.11 Å². The summed E-state index contributed by atoms with van der Waals surface area (Å²) in [5.74, 6) is -0.0713. The van der Waals surface area contributed by atoms with Crippen molar-refractivity contribution in [3.8, 4) is 0 Å². The minimum atomic E-state index is -0.148. The van der Waals surface area contributed by atoms with E-state index in [2.05, 4.69) is 5.32 Å². The molecule has 5 nitrogen and oxygen atoms in total. The molecule has 0 saturated heterocycles. The molecule has 1 atom stereocenters. The van der Waals surface area contributed by atoms with E-state index in [-0.39, 0.29) is 11.8 Å². The lowest BCUT2D eigenvalue weighted by Crippen LogP contribution is -2.44. The van der Waals surface area contributed by atoms with Gasteiger partial charge in [0.1, 0.15) is 0 Å². The lowest BCUT2D eigenvalue weighted by atomic mass is 9.85. The van der Waals surface area contributed by atoms with Crippen LogP contribution in [0.2, 0.25) is 0 Å². The van der Waals surface area contributed by atoms with E-state index >= 15 is 0 Å². The lowest BCUT2D eigenvalue weighted by Gasteiger charge is -2.31. The summed E-state index contributed by atoms with van der Waals surface area (Å²) in [6.07, 6.45) is 5.91. The molecule has 5 heteroatoms. The van der Waals surface area contributed by atoms with E-state index in [0.29, 0.717) is 12.1 Å². The van der Waals surface area contributed by atoms with Crippen LogP contribution in [0.4, 0.5) is 0 Å². The Balaban J connectivity index is 2.30. The maximum atomic E-state index is 11.1. The van der Waals surface area contributed by atoms with Crippen molar-refractivity contribution >= 4 is 5.91 Å². The van der Waals surface area contributed by atoms with Gasteiger partial charge in [0, 0.05) is 25.1 Å². The van der Waals surface area contributed by atoms with Crippen molar-refractivity contribution in [1.82, 2.24) is 5.32 Å². The Morgan fingerprint density at radius 1 is 1.39 bits per heavy atom. The van der Waals surface area contributed by atoms with Gasteiger partial charge in [-0.05, 0) is 45.1 Å². The van der Waals surface area contributed by atoms with Gasteiger partial charge in [0.25, 0.3) is 0 Å². The third-order valence-corrected chi connectivity index (χ3v) is 3.73. The number of methoxy groups -OCH3 is 1. The largest absolute Gasteiger partial charge is 0.383 e. The molecule has 106 valence electrons. The molecule has 0 aromatic carbocycles. The third kappa shape index (κ3) is 5.33. The van der Waals surface area contributed by atoms with Crippen molar-refractivity contribution in [3.05, 3.63) is 0 Å². The van der Waals surface area contributed by atoms with Gasteiger partial charge in [0.2, 0.25) is 5.91 Å². The number of nitrogens with two attached hydrogens (primary N) is 2. The summed E-state index contributed by atoms with van der Waals surface area (Å²) in [4.78, 5) is 11.1. The van der Waals surface area contributed by atoms with Crippen molar-refractivity contribution in [2.75, 3.05) is 20.3 Å². The molecule has 0 aromatic rings. The Bertz CT molecular complexity index is 240. The average Bonchev–Trinajstić information content (AvgIpc) is 2.37. The van der Waals surface area contributed by atoms with Crippen LogP contribution in [-0.4, -0.2) is 38.3 Å². The molecular weight excluding hydrogens is 230 g/mol. The highest BCUT2D eigenvalue weighted by atomic mass is 16.5. The second-order valence-electron chi connectivity index (χ2n) is 5.20. The van der Waals surface area contributed by atoms with Crippen LogP contribution in [0.25, 0.3) is 0 Å². The third-order valence-electron chi connectivity index (χ3n) is 3.73. The van der Waals surface area contributed by atoms with Crippen LogP contribution in [0, 0.1) is 5.92 Å². The molecule has 0 aliphatic heterocycles. The summed E-state index contributed by atoms with van der Waals surface area (Å²) in [5.41, 5.74) is 10.9. The van der Waals surface area contributed by atoms with Gasteiger partial charge in [-0.2, -0.15) is 0 Å². The first-order valence-electron chi connectivity index (χ1n) is 6.91. The molecule has 1 amide bonds. The summed E-state index contributed by atoms with van der Waals surface area (Å²) in [6, 6.07) is 0.854. The Morgan fingerprint density at radius 3 is 2.56 bits per heavy atom. The van der Waals surface area contributed by atoms with Gasteiger partial charge in [0.15, 0.2) is 0 Å². The molecule has 1 saturated carbocycles. The highest BCUT2D eigenvalue weighted by Gasteiger charge is 2.25. The van der Waals surface area contributed by atoms with Crippen LogP contribution >= 0.6 is 0 Å². The fourth-order valence-electron chi connectivity index (χ4n) is 2.66. The Kier molecular flexibility index (Phi) is 7.23. The minimum Gasteiger partial charge on any atom is -0.383 e. The van der Waals surface area contributed by atoms with Crippen LogP contribution in [0.1, 0.15) is 38.5 Å². The molecule has 0 radical (unpaired) electrons. The van der Waals surface area contributed by atoms with Crippen LogP contribution < -0.4 is 16.8 Å². The molecule has 1 aliphatic rings. The van der Waals surface area contributed by atoms with Gasteiger partial charge >= 0.3 is 0 Å². The summed E-state index contributed by atoms with van der Waals surface area (Å²) >= 11 is 0. The fourth-order valence-corrected chi connectivity index (χ4v) is 2.66. The molecule has 1 aliphatic carbocycles. The van der Waals surface area contributed by atoms with Crippen LogP contribution in [0.3, 0.4) is 0 Å². The summed E-state index contributed by atoms with van der Waals surface area (Å²) < 4.78 is 5.22. The van der Waals surface area contributed by atoms with Crippen molar-refractivity contribution in [2.24, 2.45) is 17.4 Å². The Morgan fingerprint density at radius 2 is 2.06 bits per heavy atom. The first-order valence-corrected chi connectivity index (χ1v) is 6.91. The number of nitrogens with one attached hydrogen (secondary N) is 1. The second kappa shape index (κ2) is 8.45. The summed E-state index contributed by atoms with van der Waals surface area (Å²) in [5, 5.41) is 3.62. The van der Waals surface area contributed by atoms with E-state index < -0.39 is 0 Å². The predicted molar refractivity (Wildman–Crippen MR) is 72.0 cm³/mol. The van der Waals surface area contributed by atoms with Gasteiger partial charge in [-0.1, -0.05) is 0 Å². The van der Waals surface area contributed by atoms with E-state index in [0.717, 1.165) is 51.7 Å². The smallest absolute Gasteiger partial charge is 0.220 e. The fraction of sp³-hybridized carbons (Fsp3) is 0.923. The molecule has 0 bridgehead atoms. The molecule has 0 aromatic heterocycles. The lowest BCUT2D eigenvalue weighted by molar-refractivity contribution is -0.122. The quantitative estimate of drug-likeness (QED) is 0.586. The molecular formula is C13H27N3O2. The van der Waals surface area contributed by atoms with E-state index in [4.69, 9.17) is 16.2 Å². The van der Waals surface area contributed by atoms with E-state index in [9.17, 15) is 4.79 Å². The summed E-state index contributed by atoms with van der Waals surface area (Å²) in [6.45, 7) is 1.44. The predicted octanol–water partition coefficient (Wildman–Crippen LogP) is 0.374. The number of ether oxygens (including phenoxy) is 1. The summed E-state index contributed by atoms with van der Waals surface area (Å²) in [7, 11) is 1.72. The van der Waals surface area contributed by atoms with E-state index in [1.807, 2.05) is 0 Å². The Labute approximate surface area is 110 Å². The first kappa shape index (κ1) is 15.4. The van der Waals surface area contributed by atoms with Gasteiger partial charge in [0.05, 0.1) is 6.61 Å². The molecule has 1 unspecified atom stereocenters. The maximum Gasteiger partial charge on any atom is 0.220 e. The van der Waals surface area contributed by atoms with Gasteiger partial charge < -0.3 is 21.5 Å². The monoisotopic (exact) mass is 257 g/mol. The zero-order valence-electron chi connectivity index (χ0n) is 11.4. The van der Waals surface area contributed by atoms with Gasteiger partial charge in [-0.3, -0.25) is 4.79 Å². The molecule has 0 heterocycles. The van der Waals surface area contributed by atoms with Crippen molar-refractivity contribution in [1.29, 1.82) is 0 Å². The number of carbonyl (C=O) groups excluding carboxylic acids is 1. The topological polar surface area (TPSA) is 90.4 Å². The van der Waals surface area contributed by atoms with E-state index in [1.165, 1.54) is 0 Å². The number of carbonyl (C=O) groups is 1. The van der Waals surface area contributed by atoms with Crippen LogP contribution in [0.15, 0.2) is 0 Å². The molecule has 18 heavy (non-hydrogen) atoms. The average molecular weight is 257 g/mol. The molecule has 1 rings (SSSR count).